The predicted molar refractivity (Wildman–Crippen MR) is 74.9 cm³/mol. The molecule has 1 aromatic carbocycles. The molecule has 6 nitrogen and oxygen atoms in total. The molecule has 0 unspecified atom stereocenters. The van der Waals surface area contributed by atoms with Crippen molar-refractivity contribution < 1.29 is 25.9 Å². The van der Waals surface area contributed by atoms with Crippen molar-refractivity contribution in [3.8, 4) is 0 Å². The number of hydrogen-bond donors (Lipinski definition) is 2. The van der Waals surface area contributed by atoms with Gasteiger partial charge in [-0.2, -0.15) is 16.8 Å². The summed E-state index contributed by atoms with van der Waals surface area (Å²) in [5.74, 6) is 0.0323. The summed E-state index contributed by atoms with van der Waals surface area (Å²) in [5.41, 5.74) is 0.0156. The van der Waals surface area contributed by atoms with E-state index in [4.69, 9.17) is 32.3 Å². The fourth-order valence-corrected chi connectivity index (χ4v) is 3.69. The molecule has 0 aromatic heterocycles. The summed E-state index contributed by atoms with van der Waals surface area (Å²) < 4.78 is 63.6. The Morgan fingerprint density at radius 2 is 1.10 bits per heavy atom. The molecule has 0 saturated carbocycles. The number of halogens is 2. The summed E-state index contributed by atoms with van der Waals surface area (Å²) in [6, 6.07) is 1.98. The molecule has 0 spiro atoms. The van der Waals surface area contributed by atoms with E-state index in [1.807, 2.05) is 0 Å². The van der Waals surface area contributed by atoms with Crippen molar-refractivity contribution >= 4 is 43.4 Å². The fourth-order valence-electron chi connectivity index (χ4n) is 1.72. The quantitative estimate of drug-likeness (QED) is 0.589. The maximum absolute atomic E-state index is 11.3. The zero-order chi connectivity index (χ0) is 15.6. The second-order valence-electron chi connectivity index (χ2n) is 3.90. The molecule has 0 amide bonds. The third-order valence-electron chi connectivity index (χ3n) is 2.53. The molecule has 114 valence electrons. The van der Waals surface area contributed by atoms with E-state index in [1.54, 1.807) is 0 Å². The number of aryl methyl sites for hydroxylation is 2. The van der Waals surface area contributed by atoms with Crippen molar-refractivity contribution in [2.24, 2.45) is 0 Å². The zero-order valence-corrected chi connectivity index (χ0v) is 13.2. The molecule has 10 heteroatoms. The van der Waals surface area contributed by atoms with Crippen molar-refractivity contribution in [1.82, 2.24) is 0 Å². The van der Waals surface area contributed by atoms with Crippen LogP contribution < -0.4 is 0 Å². The SMILES string of the molecule is O=S(=O)(O)c1cc(CCCl)c(S(=O)(=O)O)cc1CCCl. The lowest BCUT2D eigenvalue weighted by Crippen LogP contribution is -2.11. The summed E-state index contributed by atoms with van der Waals surface area (Å²) in [5, 5.41) is 0. The smallest absolute Gasteiger partial charge is 0.282 e. The third-order valence-corrected chi connectivity index (χ3v) is 4.78. The zero-order valence-electron chi connectivity index (χ0n) is 10.1. The van der Waals surface area contributed by atoms with Crippen molar-refractivity contribution in [2.45, 2.75) is 22.6 Å². The van der Waals surface area contributed by atoms with Gasteiger partial charge in [-0.1, -0.05) is 0 Å². The number of alkyl halides is 2. The summed E-state index contributed by atoms with van der Waals surface area (Å²) in [4.78, 5) is -0.878. The Kier molecular flexibility index (Phi) is 5.82. The minimum absolute atomic E-state index is 0.00782. The summed E-state index contributed by atoms with van der Waals surface area (Å²) in [6.45, 7) is 0. The van der Waals surface area contributed by atoms with Gasteiger partial charge in [-0.05, 0) is 36.1 Å². The Labute approximate surface area is 127 Å². The Balaban J connectivity index is 3.68. The Morgan fingerprint density at radius 1 is 0.800 bits per heavy atom. The predicted octanol–water partition coefficient (Wildman–Crippen LogP) is 1.74. The van der Waals surface area contributed by atoms with E-state index in [9.17, 15) is 16.8 Å². The van der Waals surface area contributed by atoms with Crippen LogP contribution in [-0.4, -0.2) is 37.7 Å². The van der Waals surface area contributed by atoms with Gasteiger partial charge in [-0.3, -0.25) is 9.11 Å². The lowest BCUT2D eigenvalue weighted by molar-refractivity contribution is 0.476. The molecule has 0 aliphatic carbocycles. The van der Waals surface area contributed by atoms with Crippen molar-refractivity contribution in [1.29, 1.82) is 0 Å². The first-order valence-electron chi connectivity index (χ1n) is 5.34. The summed E-state index contributed by atoms with van der Waals surface area (Å²) in [7, 11) is -9.07. The monoisotopic (exact) mass is 362 g/mol. The standard InChI is InChI=1S/C10H12Cl2O6S2/c11-3-1-7-5-10(20(16,17)18)8(2-4-12)6-9(7)19(13,14)15/h5-6H,1-4H2,(H,13,14,15)(H,16,17,18). The molecule has 1 rings (SSSR count). The third kappa shape index (κ3) is 4.31. The lowest BCUT2D eigenvalue weighted by Gasteiger charge is -2.12. The molecule has 0 fully saturated rings. The molecule has 0 bridgehead atoms. The molecule has 2 N–H and O–H groups in total. The molecule has 0 saturated heterocycles. The highest BCUT2D eigenvalue weighted by atomic mass is 35.5. The van der Waals surface area contributed by atoms with Crippen LogP contribution >= 0.6 is 23.2 Å². The van der Waals surface area contributed by atoms with Gasteiger partial charge in [-0.15, -0.1) is 23.2 Å². The average Bonchev–Trinajstić information content (AvgIpc) is 2.28. The molecule has 0 aliphatic heterocycles. The van der Waals surface area contributed by atoms with Crippen LogP contribution in [0.1, 0.15) is 11.1 Å². The number of hydrogen-bond acceptors (Lipinski definition) is 4. The highest BCUT2D eigenvalue weighted by molar-refractivity contribution is 7.86. The van der Waals surface area contributed by atoms with Crippen LogP contribution in [0.3, 0.4) is 0 Å². The maximum Gasteiger partial charge on any atom is 0.294 e. The van der Waals surface area contributed by atoms with Gasteiger partial charge in [0.1, 0.15) is 0 Å². The Hall–Kier alpha value is -0.380. The van der Waals surface area contributed by atoms with Gasteiger partial charge in [0.05, 0.1) is 9.79 Å². The van der Waals surface area contributed by atoms with Crippen LogP contribution in [0.2, 0.25) is 0 Å². The molecule has 1 aromatic rings. The van der Waals surface area contributed by atoms with Crippen molar-refractivity contribution in [3.05, 3.63) is 23.3 Å². The minimum atomic E-state index is -4.54. The van der Waals surface area contributed by atoms with Gasteiger partial charge in [0.15, 0.2) is 0 Å². The minimum Gasteiger partial charge on any atom is -0.282 e. The molecule has 0 aliphatic rings. The maximum atomic E-state index is 11.3. The van der Waals surface area contributed by atoms with Gasteiger partial charge < -0.3 is 0 Å². The second-order valence-corrected chi connectivity index (χ2v) is 7.43. The number of rotatable bonds is 6. The van der Waals surface area contributed by atoms with Gasteiger partial charge in [0.25, 0.3) is 20.2 Å². The molecule has 0 radical (unpaired) electrons. The fraction of sp³-hybridized carbons (Fsp3) is 0.400. The first-order valence-corrected chi connectivity index (χ1v) is 9.29. The molecular formula is C10H12Cl2O6S2. The summed E-state index contributed by atoms with van der Waals surface area (Å²) in [6.07, 6.45) is 0.0285. The van der Waals surface area contributed by atoms with E-state index in [0.717, 1.165) is 12.1 Å². The van der Waals surface area contributed by atoms with E-state index >= 15 is 0 Å². The van der Waals surface area contributed by atoms with Gasteiger partial charge in [-0.25, -0.2) is 0 Å². The first-order chi connectivity index (χ1) is 9.11. The lowest BCUT2D eigenvalue weighted by atomic mass is 10.1. The number of benzene rings is 1. The van der Waals surface area contributed by atoms with Crippen molar-refractivity contribution in [3.63, 3.8) is 0 Å². The van der Waals surface area contributed by atoms with E-state index in [-0.39, 0.29) is 35.7 Å². The second kappa shape index (κ2) is 6.59. The highest BCUT2D eigenvalue weighted by Crippen LogP contribution is 2.26. The Morgan fingerprint density at radius 3 is 1.30 bits per heavy atom. The van der Waals surface area contributed by atoms with E-state index in [1.165, 1.54) is 0 Å². The molecule has 0 atom stereocenters. The Bertz CT molecular complexity index is 635. The van der Waals surface area contributed by atoms with Crippen LogP contribution in [-0.2, 0) is 33.1 Å². The highest BCUT2D eigenvalue weighted by Gasteiger charge is 2.23. The molecule has 0 heterocycles. The topological polar surface area (TPSA) is 109 Å². The van der Waals surface area contributed by atoms with E-state index in [2.05, 4.69) is 0 Å². The van der Waals surface area contributed by atoms with Crippen LogP contribution in [0.25, 0.3) is 0 Å². The largest absolute Gasteiger partial charge is 0.294 e. The van der Waals surface area contributed by atoms with E-state index < -0.39 is 30.0 Å². The van der Waals surface area contributed by atoms with Gasteiger partial charge >= 0.3 is 0 Å². The average molecular weight is 363 g/mol. The molecule has 20 heavy (non-hydrogen) atoms. The normalized spacial score (nSPS) is 12.6. The summed E-state index contributed by atoms with van der Waals surface area (Å²) >= 11 is 11.0. The van der Waals surface area contributed by atoms with Crippen molar-refractivity contribution in [2.75, 3.05) is 11.8 Å². The van der Waals surface area contributed by atoms with Gasteiger partial charge in [0, 0.05) is 11.8 Å². The van der Waals surface area contributed by atoms with Crippen LogP contribution in [0.4, 0.5) is 0 Å². The molecular weight excluding hydrogens is 351 g/mol. The van der Waals surface area contributed by atoms with E-state index in [0.29, 0.717) is 0 Å². The van der Waals surface area contributed by atoms with Crippen LogP contribution in [0.15, 0.2) is 21.9 Å². The first kappa shape index (κ1) is 17.7. The van der Waals surface area contributed by atoms with Gasteiger partial charge in [0.2, 0.25) is 0 Å². The van der Waals surface area contributed by atoms with Crippen LogP contribution in [0, 0.1) is 0 Å². The van der Waals surface area contributed by atoms with Crippen LogP contribution in [0.5, 0.6) is 0 Å².